The van der Waals surface area contributed by atoms with Gasteiger partial charge in [-0.25, -0.2) is 0 Å². The van der Waals surface area contributed by atoms with Gasteiger partial charge in [-0.2, -0.15) is 0 Å². The monoisotopic (exact) mass is 471 g/mol. The van der Waals surface area contributed by atoms with Crippen LogP contribution in [-0.4, -0.2) is 35.4 Å². The summed E-state index contributed by atoms with van der Waals surface area (Å²) in [6.07, 6.45) is 0. The number of likely N-dealkylation sites (tertiary alicyclic amines) is 1. The highest BCUT2D eigenvalue weighted by Crippen LogP contribution is 2.41. The van der Waals surface area contributed by atoms with Gasteiger partial charge in [0.15, 0.2) is 0 Å². The largest absolute Gasteiger partial charge is 0.507 e. The van der Waals surface area contributed by atoms with Crippen LogP contribution in [0.5, 0.6) is 11.5 Å². The van der Waals surface area contributed by atoms with Crippen molar-refractivity contribution in [2.45, 2.75) is 33.4 Å². The molecule has 0 spiro atoms. The lowest BCUT2D eigenvalue weighted by Crippen LogP contribution is -2.29. The molecule has 3 aromatic carbocycles. The van der Waals surface area contributed by atoms with Crippen LogP contribution in [0, 0.1) is 13.8 Å². The SMILES string of the molecule is CCOc1cccc(C2/C(=C(\O)c3cc(C)ccc3C)C(=O)C(=O)N2Cc2ccc(OC)cc2)c1. The van der Waals surface area contributed by atoms with E-state index >= 15 is 0 Å². The maximum Gasteiger partial charge on any atom is 0.295 e. The van der Waals surface area contributed by atoms with Gasteiger partial charge in [0.1, 0.15) is 17.3 Å². The van der Waals surface area contributed by atoms with E-state index in [2.05, 4.69) is 0 Å². The molecule has 1 N–H and O–H groups in total. The predicted molar refractivity (Wildman–Crippen MR) is 134 cm³/mol. The highest BCUT2D eigenvalue weighted by atomic mass is 16.5. The molecule has 1 unspecified atom stereocenters. The Labute approximate surface area is 205 Å². The maximum absolute atomic E-state index is 13.4. The summed E-state index contributed by atoms with van der Waals surface area (Å²) < 4.78 is 10.9. The lowest BCUT2D eigenvalue weighted by atomic mass is 9.93. The molecule has 180 valence electrons. The summed E-state index contributed by atoms with van der Waals surface area (Å²) in [5, 5.41) is 11.4. The molecule has 1 amide bonds. The molecule has 3 aromatic rings. The Balaban J connectivity index is 1.87. The Hall–Kier alpha value is -4.06. The van der Waals surface area contributed by atoms with Crippen LogP contribution >= 0.6 is 0 Å². The number of methoxy groups -OCH3 is 1. The van der Waals surface area contributed by atoms with Gasteiger partial charge in [-0.3, -0.25) is 9.59 Å². The maximum atomic E-state index is 13.4. The highest BCUT2D eigenvalue weighted by Gasteiger charge is 2.46. The molecule has 1 fully saturated rings. The fourth-order valence-electron chi connectivity index (χ4n) is 4.39. The number of carbonyl (C=O) groups excluding carboxylic acids is 2. The second-order valence-electron chi connectivity index (χ2n) is 8.60. The fourth-order valence-corrected chi connectivity index (χ4v) is 4.39. The average Bonchev–Trinajstić information content (AvgIpc) is 3.11. The number of rotatable bonds is 7. The zero-order valence-corrected chi connectivity index (χ0v) is 20.4. The summed E-state index contributed by atoms with van der Waals surface area (Å²) in [7, 11) is 1.59. The Morgan fingerprint density at radius 3 is 2.40 bits per heavy atom. The van der Waals surface area contributed by atoms with Gasteiger partial charge in [-0.1, -0.05) is 42.0 Å². The number of hydrogen-bond donors (Lipinski definition) is 1. The normalized spacial score (nSPS) is 17.0. The van der Waals surface area contributed by atoms with E-state index in [1.54, 1.807) is 7.11 Å². The van der Waals surface area contributed by atoms with E-state index in [9.17, 15) is 14.7 Å². The number of aliphatic hydroxyl groups excluding tert-OH is 1. The number of nitrogens with zero attached hydrogens (tertiary/aromatic N) is 1. The van der Waals surface area contributed by atoms with Gasteiger partial charge in [0, 0.05) is 12.1 Å². The zero-order valence-electron chi connectivity index (χ0n) is 20.4. The number of aryl methyl sites for hydroxylation is 2. The predicted octanol–water partition coefficient (Wildman–Crippen LogP) is 5.33. The molecule has 4 rings (SSSR count). The van der Waals surface area contributed by atoms with Crippen molar-refractivity contribution >= 4 is 17.4 Å². The Morgan fingerprint density at radius 1 is 0.971 bits per heavy atom. The van der Waals surface area contributed by atoms with Crippen LogP contribution < -0.4 is 9.47 Å². The molecular weight excluding hydrogens is 442 g/mol. The van der Waals surface area contributed by atoms with Crippen molar-refractivity contribution in [2.75, 3.05) is 13.7 Å². The molecule has 1 atom stereocenters. The number of benzene rings is 3. The average molecular weight is 472 g/mol. The topological polar surface area (TPSA) is 76.1 Å². The van der Waals surface area contributed by atoms with Crippen LogP contribution in [0.15, 0.2) is 72.3 Å². The first kappa shape index (κ1) is 24.1. The van der Waals surface area contributed by atoms with Gasteiger partial charge >= 0.3 is 0 Å². The number of ether oxygens (including phenoxy) is 2. The van der Waals surface area contributed by atoms with Gasteiger partial charge in [-0.05, 0) is 67.8 Å². The van der Waals surface area contributed by atoms with Crippen LogP contribution in [0.3, 0.4) is 0 Å². The first-order valence-electron chi connectivity index (χ1n) is 11.6. The minimum Gasteiger partial charge on any atom is -0.507 e. The van der Waals surface area contributed by atoms with E-state index in [1.165, 1.54) is 4.90 Å². The van der Waals surface area contributed by atoms with E-state index < -0.39 is 17.7 Å². The minimum atomic E-state index is -0.766. The van der Waals surface area contributed by atoms with E-state index in [0.717, 1.165) is 16.7 Å². The van der Waals surface area contributed by atoms with Crippen molar-refractivity contribution in [1.82, 2.24) is 4.90 Å². The summed E-state index contributed by atoms with van der Waals surface area (Å²) in [6, 6.07) is 19.5. The number of amides is 1. The Kier molecular flexibility index (Phi) is 6.92. The van der Waals surface area contributed by atoms with Crippen molar-refractivity contribution in [3.8, 4) is 11.5 Å². The standard InChI is InChI=1S/C29H29NO5/c1-5-35-23-8-6-7-21(16-23)26-25(27(31)24-15-18(2)9-10-19(24)3)28(32)29(33)30(26)17-20-11-13-22(34-4)14-12-20/h6-16,26,31H,5,17H2,1-4H3/b27-25+. The van der Waals surface area contributed by atoms with Gasteiger partial charge < -0.3 is 19.5 Å². The first-order chi connectivity index (χ1) is 16.8. The number of carbonyl (C=O) groups is 2. The summed E-state index contributed by atoms with van der Waals surface area (Å²) >= 11 is 0. The quantitative estimate of drug-likeness (QED) is 0.286. The van der Waals surface area contributed by atoms with Crippen LogP contribution in [0.1, 0.15) is 40.8 Å². The highest BCUT2D eigenvalue weighted by molar-refractivity contribution is 6.46. The molecule has 1 aliphatic rings. The molecule has 0 aromatic heterocycles. The van der Waals surface area contributed by atoms with Gasteiger partial charge in [0.25, 0.3) is 11.7 Å². The van der Waals surface area contributed by atoms with Crippen molar-refractivity contribution in [1.29, 1.82) is 0 Å². The number of Topliss-reactive ketones (excluding diaryl/α,β-unsaturated/α-hetero) is 1. The van der Waals surface area contributed by atoms with Crippen LogP contribution in [0.25, 0.3) is 5.76 Å². The molecule has 6 heteroatoms. The van der Waals surface area contributed by atoms with E-state index in [4.69, 9.17) is 9.47 Å². The van der Waals surface area contributed by atoms with Gasteiger partial charge in [-0.15, -0.1) is 0 Å². The zero-order chi connectivity index (χ0) is 25.1. The molecule has 1 saturated heterocycles. The van der Waals surface area contributed by atoms with E-state index in [1.807, 2.05) is 87.5 Å². The Bertz CT molecular complexity index is 1290. The summed E-state index contributed by atoms with van der Waals surface area (Å²) in [5.41, 5.74) is 3.90. The molecule has 35 heavy (non-hydrogen) atoms. The summed E-state index contributed by atoms with van der Waals surface area (Å²) in [4.78, 5) is 28.2. The third kappa shape index (κ3) is 4.78. The number of ketones is 1. The fraction of sp³-hybridized carbons (Fsp3) is 0.241. The molecule has 1 aliphatic heterocycles. The van der Waals surface area contributed by atoms with Gasteiger partial charge in [0.2, 0.25) is 0 Å². The third-order valence-electron chi connectivity index (χ3n) is 6.18. The van der Waals surface area contributed by atoms with Crippen molar-refractivity contribution in [3.05, 3.63) is 100 Å². The lowest BCUT2D eigenvalue weighted by Gasteiger charge is -2.26. The van der Waals surface area contributed by atoms with Crippen molar-refractivity contribution < 1.29 is 24.2 Å². The van der Waals surface area contributed by atoms with Gasteiger partial charge in [0.05, 0.1) is 25.3 Å². The molecule has 0 radical (unpaired) electrons. The number of aliphatic hydroxyl groups is 1. The molecule has 1 heterocycles. The minimum absolute atomic E-state index is 0.0749. The second-order valence-corrected chi connectivity index (χ2v) is 8.60. The molecule has 0 bridgehead atoms. The molecule has 0 saturated carbocycles. The summed E-state index contributed by atoms with van der Waals surface area (Å²) in [5.74, 6) is -0.199. The van der Waals surface area contributed by atoms with E-state index in [0.29, 0.717) is 29.2 Å². The third-order valence-corrected chi connectivity index (χ3v) is 6.18. The van der Waals surface area contributed by atoms with E-state index in [-0.39, 0.29) is 17.9 Å². The smallest absolute Gasteiger partial charge is 0.295 e. The Morgan fingerprint density at radius 2 is 1.71 bits per heavy atom. The lowest BCUT2D eigenvalue weighted by molar-refractivity contribution is -0.140. The molecular formula is C29H29NO5. The molecule has 6 nitrogen and oxygen atoms in total. The van der Waals surface area contributed by atoms with Crippen LogP contribution in [0.2, 0.25) is 0 Å². The first-order valence-corrected chi connectivity index (χ1v) is 11.6. The van der Waals surface area contributed by atoms with Crippen molar-refractivity contribution in [3.63, 3.8) is 0 Å². The van der Waals surface area contributed by atoms with Crippen LogP contribution in [-0.2, 0) is 16.1 Å². The van der Waals surface area contributed by atoms with Crippen molar-refractivity contribution in [2.24, 2.45) is 0 Å². The second kappa shape index (κ2) is 10.1. The number of hydrogen-bond acceptors (Lipinski definition) is 5. The van der Waals surface area contributed by atoms with Crippen LogP contribution in [0.4, 0.5) is 0 Å². The summed E-state index contributed by atoms with van der Waals surface area (Å²) in [6.45, 7) is 6.36. The molecule has 0 aliphatic carbocycles.